The average Bonchev–Trinajstić information content (AvgIpc) is 3.39. The van der Waals surface area contributed by atoms with E-state index in [4.69, 9.17) is 0 Å². The zero-order chi connectivity index (χ0) is 16.7. The molecule has 8 nitrogen and oxygen atoms in total. The van der Waals surface area contributed by atoms with Crippen LogP contribution in [0.3, 0.4) is 0 Å². The van der Waals surface area contributed by atoms with Crippen LogP contribution in [0, 0.1) is 0 Å². The lowest BCUT2D eigenvalue weighted by Gasteiger charge is -2.34. The summed E-state index contributed by atoms with van der Waals surface area (Å²) in [4.78, 5) is 12.6. The molecule has 0 aromatic carbocycles. The molecule has 128 valence electrons. The third kappa shape index (κ3) is 2.78. The summed E-state index contributed by atoms with van der Waals surface area (Å²) in [5.74, 6) is 0.511. The topological polar surface area (TPSA) is 93.0 Å². The third-order valence-electron chi connectivity index (χ3n) is 4.62. The molecule has 0 unspecified atom stereocenters. The van der Waals surface area contributed by atoms with Crippen molar-refractivity contribution in [1.82, 2.24) is 23.8 Å². The fourth-order valence-electron chi connectivity index (χ4n) is 3.13. The van der Waals surface area contributed by atoms with Gasteiger partial charge in [-0.1, -0.05) is 0 Å². The maximum atomic E-state index is 12.8. The van der Waals surface area contributed by atoms with Crippen LogP contribution in [0.25, 0.3) is 0 Å². The summed E-state index contributed by atoms with van der Waals surface area (Å²) < 4.78 is 29.2. The maximum Gasteiger partial charge on any atom is 0.222 e. The molecule has 2 aliphatic rings. The first-order valence-electron chi connectivity index (χ1n) is 8.06. The second-order valence-electron chi connectivity index (χ2n) is 6.35. The minimum Gasteiger partial charge on any atom is -0.353 e. The van der Waals surface area contributed by atoms with Crippen LogP contribution in [0.15, 0.2) is 24.8 Å². The fraction of sp³-hybridized carbons (Fsp3) is 0.533. The Hall–Kier alpha value is -2.00. The van der Waals surface area contributed by atoms with Gasteiger partial charge in [0.1, 0.15) is 0 Å². The van der Waals surface area contributed by atoms with Gasteiger partial charge in [-0.05, 0) is 18.9 Å². The van der Waals surface area contributed by atoms with Crippen molar-refractivity contribution < 1.29 is 8.42 Å². The Morgan fingerprint density at radius 3 is 2.71 bits per heavy atom. The summed E-state index contributed by atoms with van der Waals surface area (Å²) in [6.07, 6.45) is 7.23. The molecule has 0 radical (unpaired) electrons. The molecule has 3 heterocycles. The zero-order valence-corrected chi connectivity index (χ0v) is 14.3. The van der Waals surface area contributed by atoms with Crippen molar-refractivity contribution in [1.29, 1.82) is 0 Å². The van der Waals surface area contributed by atoms with Crippen LogP contribution in [0.4, 0.5) is 5.95 Å². The SMILES string of the molecule is Cn1cnc2c1C[C@H](CNc1ncccn1)N(S(=O)(=O)C1CC1)C2. The molecular weight excluding hydrogens is 328 g/mol. The lowest BCUT2D eigenvalue weighted by molar-refractivity contribution is 0.293. The summed E-state index contributed by atoms with van der Waals surface area (Å²) in [7, 11) is -1.33. The lowest BCUT2D eigenvalue weighted by atomic mass is 10.1. The molecule has 0 amide bonds. The van der Waals surface area contributed by atoms with Crippen LogP contribution in [-0.2, 0) is 30.0 Å². The summed E-state index contributed by atoms with van der Waals surface area (Å²) in [5.41, 5.74) is 1.95. The van der Waals surface area contributed by atoms with Gasteiger partial charge >= 0.3 is 0 Å². The van der Waals surface area contributed by atoms with Gasteiger partial charge < -0.3 is 9.88 Å². The minimum atomic E-state index is -3.27. The Labute approximate surface area is 141 Å². The number of nitrogens with one attached hydrogen (secondary N) is 1. The molecule has 2 aromatic heterocycles. The Kier molecular flexibility index (Phi) is 3.76. The smallest absolute Gasteiger partial charge is 0.222 e. The molecule has 0 bridgehead atoms. The zero-order valence-electron chi connectivity index (χ0n) is 13.5. The molecular formula is C15H20N6O2S. The van der Waals surface area contributed by atoms with Gasteiger partial charge in [0.2, 0.25) is 16.0 Å². The van der Waals surface area contributed by atoms with Crippen molar-refractivity contribution in [3.63, 3.8) is 0 Å². The van der Waals surface area contributed by atoms with Gasteiger partial charge in [-0.2, -0.15) is 4.31 Å². The van der Waals surface area contributed by atoms with E-state index in [-0.39, 0.29) is 11.3 Å². The van der Waals surface area contributed by atoms with E-state index >= 15 is 0 Å². The van der Waals surface area contributed by atoms with Gasteiger partial charge in [0.05, 0.1) is 23.8 Å². The van der Waals surface area contributed by atoms with Crippen molar-refractivity contribution in [2.75, 3.05) is 11.9 Å². The van der Waals surface area contributed by atoms with E-state index in [0.717, 1.165) is 24.2 Å². The normalized spacial score (nSPS) is 21.5. The molecule has 1 aliphatic heterocycles. The summed E-state index contributed by atoms with van der Waals surface area (Å²) in [6.45, 7) is 0.817. The highest BCUT2D eigenvalue weighted by atomic mass is 32.2. The number of hydrogen-bond donors (Lipinski definition) is 1. The van der Waals surface area contributed by atoms with Crippen LogP contribution >= 0.6 is 0 Å². The summed E-state index contributed by atoms with van der Waals surface area (Å²) in [5, 5.41) is 2.94. The average molecular weight is 348 g/mol. The van der Waals surface area contributed by atoms with Gasteiger partial charge in [-0.3, -0.25) is 0 Å². The number of nitrogens with zero attached hydrogens (tertiary/aromatic N) is 5. The van der Waals surface area contributed by atoms with Crippen LogP contribution in [0.5, 0.6) is 0 Å². The van der Waals surface area contributed by atoms with Crippen LogP contribution in [-0.4, -0.2) is 50.1 Å². The van der Waals surface area contributed by atoms with E-state index in [0.29, 0.717) is 25.5 Å². The number of aryl methyl sites for hydroxylation is 1. The summed E-state index contributed by atoms with van der Waals surface area (Å²) >= 11 is 0. The largest absolute Gasteiger partial charge is 0.353 e. The predicted octanol–water partition coefficient (Wildman–Crippen LogP) is 0.541. The predicted molar refractivity (Wildman–Crippen MR) is 88.7 cm³/mol. The maximum absolute atomic E-state index is 12.8. The van der Waals surface area contributed by atoms with Crippen molar-refractivity contribution in [2.45, 2.75) is 37.1 Å². The Morgan fingerprint density at radius 2 is 2.00 bits per heavy atom. The van der Waals surface area contributed by atoms with Crippen molar-refractivity contribution in [3.05, 3.63) is 36.2 Å². The fourth-order valence-corrected chi connectivity index (χ4v) is 5.11. The highest BCUT2D eigenvalue weighted by Crippen LogP contribution is 2.35. The van der Waals surface area contributed by atoms with Gasteiger partial charge in [-0.15, -0.1) is 0 Å². The van der Waals surface area contributed by atoms with Crippen LogP contribution in [0.2, 0.25) is 0 Å². The molecule has 0 spiro atoms. The Bertz CT molecular complexity index is 831. The van der Waals surface area contributed by atoms with Gasteiger partial charge in [0.25, 0.3) is 0 Å². The Balaban J connectivity index is 1.59. The van der Waals surface area contributed by atoms with Crippen LogP contribution in [0.1, 0.15) is 24.2 Å². The molecule has 9 heteroatoms. The molecule has 2 aromatic rings. The van der Waals surface area contributed by atoms with E-state index in [1.165, 1.54) is 0 Å². The van der Waals surface area contributed by atoms with Gasteiger partial charge in [0.15, 0.2) is 0 Å². The van der Waals surface area contributed by atoms with Crippen molar-refractivity contribution >= 4 is 16.0 Å². The molecule has 1 aliphatic carbocycles. The van der Waals surface area contributed by atoms with Gasteiger partial charge in [0, 0.05) is 44.1 Å². The molecule has 1 atom stereocenters. The Morgan fingerprint density at radius 1 is 1.25 bits per heavy atom. The standard InChI is InChI=1S/C15H20N6O2S/c1-20-10-19-13-9-21(24(22,23)12-3-4-12)11(7-14(13)20)8-18-15-16-5-2-6-17-15/h2,5-6,10-12H,3-4,7-9H2,1H3,(H,16,17,18)/t11-/m1/s1. The van der Waals surface area contributed by atoms with Crippen molar-refractivity contribution in [2.24, 2.45) is 7.05 Å². The molecule has 4 rings (SSSR count). The van der Waals surface area contributed by atoms with E-state index in [1.54, 1.807) is 29.1 Å². The number of aromatic nitrogens is 4. The van der Waals surface area contributed by atoms with Crippen molar-refractivity contribution in [3.8, 4) is 0 Å². The minimum absolute atomic E-state index is 0.165. The van der Waals surface area contributed by atoms with E-state index < -0.39 is 10.0 Å². The monoisotopic (exact) mass is 348 g/mol. The number of fused-ring (bicyclic) bond motifs is 1. The van der Waals surface area contributed by atoms with E-state index in [2.05, 4.69) is 20.3 Å². The molecule has 1 saturated carbocycles. The first-order chi connectivity index (χ1) is 11.6. The first-order valence-corrected chi connectivity index (χ1v) is 9.56. The first kappa shape index (κ1) is 15.5. The third-order valence-corrected chi connectivity index (χ3v) is 7.02. The number of anilines is 1. The molecule has 24 heavy (non-hydrogen) atoms. The number of rotatable bonds is 5. The quantitative estimate of drug-likeness (QED) is 0.848. The highest BCUT2D eigenvalue weighted by molar-refractivity contribution is 7.90. The van der Waals surface area contributed by atoms with Gasteiger partial charge in [-0.25, -0.2) is 23.4 Å². The second-order valence-corrected chi connectivity index (χ2v) is 8.52. The highest BCUT2D eigenvalue weighted by Gasteiger charge is 2.45. The number of sulfonamides is 1. The number of imidazole rings is 1. The van der Waals surface area contributed by atoms with E-state index in [1.807, 2.05) is 11.6 Å². The molecule has 1 fully saturated rings. The molecule has 1 N–H and O–H groups in total. The lowest BCUT2D eigenvalue weighted by Crippen LogP contribution is -2.49. The van der Waals surface area contributed by atoms with Crippen LogP contribution < -0.4 is 5.32 Å². The number of hydrogen-bond acceptors (Lipinski definition) is 6. The summed E-state index contributed by atoms with van der Waals surface area (Å²) in [6, 6.07) is 1.58. The molecule has 0 saturated heterocycles. The second kappa shape index (κ2) is 5.82. The van der Waals surface area contributed by atoms with E-state index in [9.17, 15) is 8.42 Å².